The summed E-state index contributed by atoms with van der Waals surface area (Å²) in [6.07, 6.45) is 3.91. The zero-order valence-corrected chi connectivity index (χ0v) is 10.4. The van der Waals surface area contributed by atoms with Crippen molar-refractivity contribution in [1.29, 1.82) is 0 Å². The van der Waals surface area contributed by atoms with Gasteiger partial charge >= 0.3 is 0 Å². The van der Waals surface area contributed by atoms with Crippen molar-refractivity contribution in [1.82, 2.24) is 5.32 Å². The Morgan fingerprint density at radius 2 is 2.25 bits per heavy atom. The molecule has 0 bridgehead atoms. The summed E-state index contributed by atoms with van der Waals surface area (Å²) in [6.45, 7) is 5.44. The van der Waals surface area contributed by atoms with Gasteiger partial charge in [-0.15, -0.1) is 0 Å². The summed E-state index contributed by atoms with van der Waals surface area (Å²) in [7, 11) is 0. The second kappa shape index (κ2) is 6.86. The predicted molar refractivity (Wildman–Crippen MR) is 64.0 cm³/mol. The van der Waals surface area contributed by atoms with Crippen molar-refractivity contribution in [3.8, 4) is 0 Å². The Labute approximate surface area is 97.9 Å². The Morgan fingerprint density at radius 3 is 2.81 bits per heavy atom. The molecule has 16 heavy (non-hydrogen) atoms. The zero-order valence-electron chi connectivity index (χ0n) is 10.4. The molecular formula is C12H24N2O2. The lowest BCUT2D eigenvalue weighted by molar-refractivity contribution is -0.124. The van der Waals surface area contributed by atoms with Crippen LogP contribution in [0.4, 0.5) is 0 Å². The minimum Gasteiger partial charge on any atom is -0.379 e. The normalized spacial score (nSPS) is 25.0. The minimum absolute atomic E-state index is 0.140. The molecule has 0 spiro atoms. The number of hydrogen-bond acceptors (Lipinski definition) is 3. The van der Waals surface area contributed by atoms with Gasteiger partial charge in [0.05, 0.1) is 6.10 Å². The Balaban J connectivity index is 2.02. The van der Waals surface area contributed by atoms with Crippen LogP contribution in [0.25, 0.3) is 0 Å². The lowest BCUT2D eigenvalue weighted by Crippen LogP contribution is -2.31. The molecule has 0 aromatic heterocycles. The highest BCUT2D eigenvalue weighted by molar-refractivity contribution is 5.78. The fourth-order valence-corrected chi connectivity index (χ4v) is 2.00. The van der Waals surface area contributed by atoms with Gasteiger partial charge in [-0.2, -0.15) is 0 Å². The van der Waals surface area contributed by atoms with E-state index in [0.29, 0.717) is 13.2 Å². The summed E-state index contributed by atoms with van der Waals surface area (Å²) >= 11 is 0. The largest absolute Gasteiger partial charge is 0.379 e. The van der Waals surface area contributed by atoms with E-state index >= 15 is 0 Å². The van der Waals surface area contributed by atoms with Gasteiger partial charge in [0, 0.05) is 25.1 Å². The Morgan fingerprint density at radius 1 is 1.50 bits per heavy atom. The molecule has 1 amide bonds. The van der Waals surface area contributed by atoms with Gasteiger partial charge in [0.1, 0.15) is 0 Å². The number of rotatable bonds is 6. The average Bonchev–Trinajstić information content (AvgIpc) is 2.63. The molecule has 0 aromatic rings. The molecule has 4 nitrogen and oxygen atoms in total. The summed E-state index contributed by atoms with van der Waals surface area (Å²) in [6, 6.07) is 0.222. The van der Waals surface area contributed by atoms with E-state index in [-0.39, 0.29) is 24.0 Å². The summed E-state index contributed by atoms with van der Waals surface area (Å²) in [5.74, 6) is 0.304. The number of carbonyl (C=O) groups excluding carboxylic acids is 1. The molecule has 0 aliphatic heterocycles. The van der Waals surface area contributed by atoms with Crippen LogP contribution in [0.1, 0.15) is 39.5 Å². The molecule has 2 atom stereocenters. The maximum absolute atomic E-state index is 11.7. The van der Waals surface area contributed by atoms with Gasteiger partial charge in [-0.1, -0.05) is 0 Å². The summed E-state index contributed by atoms with van der Waals surface area (Å²) in [4.78, 5) is 11.7. The van der Waals surface area contributed by atoms with E-state index in [0.717, 1.165) is 25.7 Å². The average molecular weight is 228 g/mol. The second-order valence-electron chi connectivity index (χ2n) is 4.83. The molecule has 0 radical (unpaired) electrons. The van der Waals surface area contributed by atoms with Crippen LogP contribution >= 0.6 is 0 Å². The van der Waals surface area contributed by atoms with E-state index in [4.69, 9.17) is 10.5 Å². The quantitative estimate of drug-likeness (QED) is 0.668. The van der Waals surface area contributed by atoms with Crippen molar-refractivity contribution in [3.63, 3.8) is 0 Å². The molecule has 1 rings (SSSR count). The van der Waals surface area contributed by atoms with Crippen molar-refractivity contribution in [2.45, 2.75) is 51.7 Å². The predicted octanol–water partition coefficient (Wildman–Crippen LogP) is 1.05. The number of nitrogens with one attached hydrogen (secondary N) is 1. The minimum atomic E-state index is 0.140. The van der Waals surface area contributed by atoms with Crippen molar-refractivity contribution < 1.29 is 9.53 Å². The van der Waals surface area contributed by atoms with Crippen LogP contribution in [0.15, 0.2) is 0 Å². The Kier molecular flexibility index (Phi) is 5.77. The van der Waals surface area contributed by atoms with Crippen molar-refractivity contribution in [2.24, 2.45) is 11.7 Å². The van der Waals surface area contributed by atoms with Crippen LogP contribution in [0.3, 0.4) is 0 Å². The number of amides is 1. The van der Waals surface area contributed by atoms with E-state index < -0.39 is 0 Å². The number of nitrogens with two attached hydrogens (primary N) is 1. The highest BCUT2D eigenvalue weighted by Crippen LogP contribution is 2.23. The molecular weight excluding hydrogens is 204 g/mol. The maximum Gasteiger partial charge on any atom is 0.223 e. The molecule has 94 valence electrons. The third-order valence-electron chi connectivity index (χ3n) is 2.92. The van der Waals surface area contributed by atoms with Gasteiger partial charge in [0.25, 0.3) is 0 Å². The van der Waals surface area contributed by atoms with Gasteiger partial charge in [-0.3, -0.25) is 4.79 Å². The topological polar surface area (TPSA) is 64.3 Å². The van der Waals surface area contributed by atoms with E-state index in [1.165, 1.54) is 0 Å². The van der Waals surface area contributed by atoms with Crippen molar-refractivity contribution in [3.05, 3.63) is 0 Å². The van der Waals surface area contributed by atoms with Crippen LogP contribution < -0.4 is 11.1 Å². The van der Waals surface area contributed by atoms with Crippen LogP contribution in [0.2, 0.25) is 0 Å². The van der Waals surface area contributed by atoms with E-state index in [1.54, 1.807) is 0 Å². The first-order valence-electron chi connectivity index (χ1n) is 6.24. The molecule has 2 unspecified atom stereocenters. The fraction of sp³-hybridized carbons (Fsp3) is 0.917. The monoisotopic (exact) mass is 228 g/mol. The Hall–Kier alpha value is -0.610. The first-order chi connectivity index (χ1) is 7.59. The van der Waals surface area contributed by atoms with E-state index in [1.807, 2.05) is 13.8 Å². The molecule has 4 heteroatoms. The summed E-state index contributed by atoms with van der Waals surface area (Å²) < 4.78 is 5.39. The third-order valence-corrected chi connectivity index (χ3v) is 2.92. The van der Waals surface area contributed by atoms with Crippen LogP contribution in [-0.2, 0) is 9.53 Å². The third kappa shape index (κ3) is 4.94. The SMILES string of the molecule is CC(C)OCCCNC(=O)C1CCC(N)C1. The van der Waals surface area contributed by atoms with Crippen molar-refractivity contribution in [2.75, 3.05) is 13.2 Å². The first-order valence-corrected chi connectivity index (χ1v) is 6.24. The van der Waals surface area contributed by atoms with Gasteiger partial charge in [0.15, 0.2) is 0 Å². The highest BCUT2D eigenvalue weighted by atomic mass is 16.5. The highest BCUT2D eigenvalue weighted by Gasteiger charge is 2.27. The van der Waals surface area contributed by atoms with Gasteiger partial charge in [0.2, 0.25) is 5.91 Å². The molecule has 1 saturated carbocycles. The fourth-order valence-electron chi connectivity index (χ4n) is 2.00. The van der Waals surface area contributed by atoms with Crippen LogP contribution in [0.5, 0.6) is 0 Å². The maximum atomic E-state index is 11.7. The number of carbonyl (C=O) groups is 1. The lowest BCUT2D eigenvalue weighted by Gasteiger charge is -2.11. The van der Waals surface area contributed by atoms with Crippen LogP contribution in [0, 0.1) is 5.92 Å². The zero-order chi connectivity index (χ0) is 12.0. The smallest absolute Gasteiger partial charge is 0.223 e. The van der Waals surface area contributed by atoms with Gasteiger partial charge in [-0.25, -0.2) is 0 Å². The number of ether oxygens (including phenoxy) is 1. The molecule has 1 aliphatic rings. The van der Waals surface area contributed by atoms with Crippen molar-refractivity contribution >= 4 is 5.91 Å². The first kappa shape index (κ1) is 13.5. The molecule has 1 aliphatic carbocycles. The standard InChI is InChI=1S/C12H24N2O2/c1-9(2)16-7-3-6-14-12(15)10-4-5-11(13)8-10/h9-11H,3-8,13H2,1-2H3,(H,14,15). The van der Waals surface area contributed by atoms with Crippen LogP contribution in [-0.4, -0.2) is 31.2 Å². The molecule has 3 N–H and O–H groups in total. The van der Waals surface area contributed by atoms with Gasteiger partial charge in [-0.05, 0) is 39.5 Å². The Bertz CT molecular complexity index is 219. The van der Waals surface area contributed by atoms with E-state index in [2.05, 4.69) is 5.32 Å². The molecule has 0 aromatic carbocycles. The summed E-state index contributed by atoms with van der Waals surface area (Å²) in [5, 5.41) is 2.94. The molecule has 1 fully saturated rings. The molecule has 0 saturated heterocycles. The van der Waals surface area contributed by atoms with Gasteiger partial charge < -0.3 is 15.8 Å². The summed E-state index contributed by atoms with van der Waals surface area (Å²) in [5.41, 5.74) is 5.77. The molecule has 0 heterocycles. The van der Waals surface area contributed by atoms with E-state index in [9.17, 15) is 4.79 Å². The number of hydrogen-bond donors (Lipinski definition) is 2. The lowest BCUT2D eigenvalue weighted by atomic mass is 10.1. The second-order valence-corrected chi connectivity index (χ2v) is 4.83.